The third-order valence-corrected chi connectivity index (χ3v) is 7.25. The van der Waals surface area contributed by atoms with Crippen molar-refractivity contribution in [2.45, 2.75) is 50.1 Å². The second-order valence-electron chi connectivity index (χ2n) is 9.33. The first-order valence-electron chi connectivity index (χ1n) is 11.8. The van der Waals surface area contributed by atoms with Crippen LogP contribution in [0.25, 0.3) is 0 Å². The molecule has 3 heterocycles. The van der Waals surface area contributed by atoms with Crippen molar-refractivity contribution in [3.8, 4) is 11.8 Å². The molecule has 0 bridgehead atoms. The van der Waals surface area contributed by atoms with E-state index in [1.807, 2.05) is 18.2 Å². The maximum atomic E-state index is 12.9. The largest absolute Gasteiger partial charge is 0.394 e. The summed E-state index contributed by atoms with van der Waals surface area (Å²) >= 11 is 0. The molecule has 1 saturated carbocycles. The second kappa shape index (κ2) is 9.36. The molecule has 1 N–H and O–H groups in total. The van der Waals surface area contributed by atoms with E-state index < -0.39 is 0 Å². The van der Waals surface area contributed by atoms with Crippen LogP contribution < -0.4 is 0 Å². The third kappa shape index (κ3) is 4.38. The minimum Gasteiger partial charge on any atom is -0.394 e. The molecule has 33 heavy (non-hydrogen) atoms. The molecule has 6 nitrogen and oxygen atoms in total. The quantitative estimate of drug-likeness (QED) is 0.737. The Hall–Kier alpha value is -3.17. The van der Waals surface area contributed by atoms with Gasteiger partial charge in [-0.05, 0) is 42.2 Å². The SMILES string of the molecule is O=C(Cc1cccnc1)N1CC(=O)N2[C@@H](CO)[C@H](c3ccc(C#CC4CCCC4)cc3)[C@@H]2C1. The Kier molecular flexibility index (Phi) is 6.15. The van der Waals surface area contributed by atoms with Crippen molar-refractivity contribution in [2.24, 2.45) is 5.92 Å². The highest BCUT2D eigenvalue weighted by molar-refractivity contribution is 5.88. The number of carbonyl (C=O) groups is 2. The summed E-state index contributed by atoms with van der Waals surface area (Å²) in [7, 11) is 0. The fraction of sp³-hybridized carbons (Fsp3) is 0.444. The highest BCUT2D eigenvalue weighted by Gasteiger charge is 2.54. The van der Waals surface area contributed by atoms with E-state index in [9.17, 15) is 14.7 Å². The number of hydrogen-bond acceptors (Lipinski definition) is 4. The van der Waals surface area contributed by atoms with Crippen LogP contribution in [0.3, 0.4) is 0 Å². The van der Waals surface area contributed by atoms with E-state index in [0.717, 1.165) is 16.7 Å². The Bertz CT molecular complexity index is 1070. The van der Waals surface area contributed by atoms with Crippen LogP contribution in [0.5, 0.6) is 0 Å². The first-order chi connectivity index (χ1) is 16.1. The molecule has 2 amide bonds. The van der Waals surface area contributed by atoms with Gasteiger partial charge in [-0.3, -0.25) is 14.6 Å². The van der Waals surface area contributed by atoms with E-state index >= 15 is 0 Å². The van der Waals surface area contributed by atoms with E-state index in [1.165, 1.54) is 25.7 Å². The molecule has 170 valence electrons. The fourth-order valence-electron chi connectivity index (χ4n) is 5.52. The number of rotatable bonds is 4. The minimum atomic E-state index is -0.242. The van der Waals surface area contributed by atoms with Crippen LogP contribution in [0.1, 0.15) is 48.3 Å². The number of pyridine rings is 1. The number of aromatic nitrogens is 1. The number of piperazine rings is 1. The average Bonchev–Trinajstić information content (AvgIpc) is 3.34. The number of fused-ring (bicyclic) bond motifs is 1. The molecule has 6 heteroatoms. The molecule has 3 fully saturated rings. The first-order valence-corrected chi connectivity index (χ1v) is 11.8. The van der Waals surface area contributed by atoms with Crippen LogP contribution in [0.4, 0.5) is 0 Å². The molecule has 0 unspecified atom stereocenters. The van der Waals surface area contributed by atoms with Crippen molar-refractivity contribution < 1.29 is 14.7 Å². The summed E-state index contributed by atoms with van der Waals surface area (Å²) in [5.74, 6) is 7.05. The molecule has 2 saturated heterocycles. The van der Waals surface area contributed by atoms with Gasteiger partial charge in [0.05, 0.1) is 31.7 Å². The number of amides is 2. The van der Waals surface area contributed by atoms with Gasteiger partial charge in [-0.25, -0.2) is 0 Å². The number of benzene rings is 1. The van der Waals surface area contributed by atoms with E-state index in [2.05, 4.69) is 29.0 Å². The Morgan fingerprint density at radius 1 is 1.15 bits per heavy atom. The van der Waals surface area contributed by atoms with E-state index in [-0.39, 0.29) is 49.4 Å². The van der Waals surface area contributed by atoms with E-state index in [4.69, 9.17) is 0 Å². The zero-order chi connectivity index (χ0) is 22.8. The van der Waals surface area contributed by atoms with Crippen molar-refractivity contribution in [3.63, 3.8) is 0 Å². The lowest BCUT2D eigenvalue weighted by molar-refractivity contribution is -0.166. The van der Waals surface area contributed by atoms with Gasteiger partial charge in [0.1, 0.15) is 0 Å². The highest BCUT2D eigenvalue weighted by atomic mass is 16.3. The standard InChI is InChI=1S/C27H29N3O3/c31-18-24-27(22-11-9-20(10-12-22)8-7-19-4-1-2-5-19)23-16-29(17-26(33)30(23)24)25(32)14-21-6-3-13-28-15-21/h3,6,9-13,15,19,23-24,27,31H,1-2,4-5,14,16-18H2/t23-,24-,27+/m0/s1. The van der Waals surface area contributed by atoms with Crippen molar-refractivity contribution in [1.82, 2.24) is 14.8 Å². The Morgan fingerprint density at radius 2 is 1.94 bits per heavy atom. The van der Waals surface area contributed by atoms with Crippen LogP contribution >= 0.6 is 0 Å². The van der Waals surface area contributed by atoms with Crippen LogP contribution in [-0.2, 0) is 16.0 Å². The van der Waals surface area contributed by atoms with Crippen molar-refractivity contribution in [1.29, 1.82) is 0 Å². The molecular formula is C27H29N3O3. The lowest BCUT2D eigenvalue weighted by Crippen LogP contribution is -2.73. The van der Waals surface area contributed by atoms with Gasteiger partial charge in [0, 0.05) is 36.3 Å². The van der Waals surface area contributed by atoms with Gasteiger partial charge in [-0.2, -0.15) is 0 Å². The normalized spacial score (nSPS) is 24.6. The monoisotopic (exact) mass is 443 g/mol. The number of carbonyl (C=O) groups excluding carboxylic acids is 2. The van der Waals surface area contributed by atoms with Crippen LogP contribution in [0.2, 0.25) is 0 Å². The molecule has 2 aromatic rings. The Morgan fingerprint density at radius 3 is 2.64 bits per heavy atom. The summed E-state index contributed by atoms with van der Waals surface area (Å²) in [5, 5.41) is 10.0. The molecular weight excluding hydrogens is 414 g/mol. The van der Waals surface area contributed by atoms with Gasteiger partial charge in [0.15, 0.2) is 0 Å². The van der Waals surface area contributed by atoms with Crippen LogP contribution in [-0.4, -0.2) is 63.5 Å². The molecule has 0 radical (unpaired) electrons. The smallest absolute Gasteiger partial charge is 0.242 e. The summed E-state index contributed by atoms with van der Waals surface area (Å²) < 4.78 is 0. The van der Waals surface area contributed by atoms with Crippen LogP contribution in [0.15, 0.2) is 48.8 Å². The second-order valence-corrected chi connectivity index (χ2v) is 9.33. The Balaban J connectivity index is 1.29. The maximum Gasteiger partial charge on any atom is 0.242 e. The highest BCUT2D eigenvalue weighted by Crippen LogP contribution is 2.43. The van der Waals surface area contributed by atoms with Gasteiger partial charge in [0.25, 0.3) is 0 Å². The molecule has 5 rings (SSSR count). The number of nitrogens with zero attached hydrogens (tertiary/aromatic N) is 3. The van der Waals surface area contributed by atoms with Crippen LogP contribution in [0, 0.1) is 17.8 Å². The zero-order valence-electron chi connectivity index (χ0n) is 18.7. The van der Waals surface area contributed by atoms with Gasteiger partial charge in [-0.15, -0.1) is 0 Å². The molecule has 3 atom stereocenters. The molecule has 1 aromatic heterocycles. The first kappa shape index (κ1) is 21.7. The predicted molar refractivity (Wildman–Crippen MR) is 124 cm³/mol. The van der Waals surface area contributed by atoms with Crippen molar-refractivity contribution in [2.75, 3.05) is 19.7 Å². The summed E-state index contributed by atoms with van der Waals surface area (Å²) in [6.45, 7) is 0.462. The predicted octanol–water partition coefficient (Wildman–Crippen LogP) is 2.36. The lowest BCUT2D eigenvalue weighted by Gasteiger charge is -2.58. The third-order valence-electron chi connectivity index (χ3n) is 7.25. The maximum absolute atomic E-state index is 12.9. The minimum absolute atomic E-state index is 0.00443. The van der Waals surface area contributed by atoms with Crippen molar-refractivity contribution in [3.05, 3.63) is 65.5 Å². The molecule has 1 aliphatic carbocycles. The summed E-state index contributed by atoms with van der Waals surface area (Å²) in [5.41, 5.74) is 2.91. The summed E-state index contributed by atoms with van der Waals surface area (Å²) in [4.78, 5) is 33.2. The van der Waals surface area contributed by atoms with Gasteiger partial charge < -0.3 is 14.9 Å². The number of hydrogen-bond donors (Lipinski definition) is 1. The molecule has 3 aliphatic rings. The fourth-order valence-corrected chi connectivity index (χ4v) is 5.52. The van der Waals surface area contributed by atoms with E-state index in [0.29, 0.717) is 12.5 Å². The average molecular weight is 444 g/mol. The van der Waals surface area contributed by atoms with E-state index in [1.54, 1.807) is 28.3 Å². The van der Waals surface area contributed by atoms with Gasteiger partial charge >= 0.3 is 0 Å². The van der Waals surface area contributed by atoms with Gasteiger partial charge in [0.2, 0.25) is 11.8 Å². The molecule has 0 spiro atoms. The Labute approximate surface area is 194 Å². The number of aliphatic hydroxyl groups excluding tert-OH is 1. The molecule has 1 aromatic carbocycles. The van der Waals surface area contributed by atoms with Crippen molar-refractivity contribution >= 4 is 11.8 Å². The lowest BCUT2D eigenvalue weighted by atomic mass is 9.73. The zero-order valence-corrected chi connectivity index (χ0v) is 18.7. The topological polar surface area (TPSA) is 73.7 Å². The summed E-state index contributed by atoms with van der Waals surface area (Å²) in [6, 6.07) is 11.5. The molecule has 2 aliphatic heterocycles. The van der Waals surface area contributed by atoms with Gasteiger partial charge in [-0.1, -0.05) is 42.9 Å². The number of aliphatic hydroxyl groups is 1. The summed E-state index contributed by atoms with van der Waals surface area (Å²) in [6.07, 6.45) is 8.55.